The molecule has 0 aliphatic carbocycles. The molecule has 1 atom stereocenters. The van der Waals surface area contributed by atoms with Crippen LogP contribution in [0.25, 0.3) is 0 Å². The molecule has 1 saturated heterocycles. The van der Waals surface area contributed by atoms with Crippen LogP contribution >= 0.6 is 0 Å². The molecule has 1 aliphatic rings. The van der Waals surface area contributed by atoms with Crippen molar-refractivity contribution in [3.8, 4) is 0 Å². The van der Waals surface area contributed by atoms with Gasteiger partial charge in [0.15, 0.2) is 0 Å². The Morgan fingerprint density at radius 2 is 2.09 bits per heavy atom. The molecule has 4 nitrogen and oxygen atoms in total. The third-order valence-corrected chi connectivity index (χ3v) is 4.37. The van der Waals surface area contributed by atoms with Gasteiger partial charge in [0.1, 0.15) is 0 Å². The maximum absolute atomic E-state index is 4.32. The topological polar surface area (TPSA) is 33.1 Å². The fraction of sp³-hybridized carbons (Fsp3) is 0.500. The molecular formula is C18H26N4. The van der Waals surface area contributed by atoms with E-state index in [1.165, 1.54) is 37.2 Å². The molecule has 2 aromatic rings. The lowest BCUT2D eigenvalue weighted by Gasteiger charge is -2.16. The van der Waals surface area contributed by atoms with Gasteiger partial charge >= 0.3 is 0 Å². The lowest BCUT2D eigenvalue weighted by Crippen LogP contribution is -2.35. The number of aromatic nitrogens is 2. The zero-order valence-electron chi connectivity index (χ0n) is 13.4. The number of nitrogens with one attached hydrogen (secondary N) is 1. The van der Waals surface area contributed by atoms with E-state index >= 15 is 0 Å². The Balaban J connectivity index is 1.34. The van der Waals surface area contributed by atoms with Crippen LogP contribution in [0.2, 0.25) is 0 Å². The number of hydrogen-bond donors (Lipinski definition) is 1. The number of benzene rings is 1. The summed E-state index contributed by atoms with van der Waals surface area (Å²) in [4.78, 5) is 2.57. The van der Waals surface area contributed by atoms with Gasteiger partial charge in [-0.15, -0.1) is 0 Å². The van der Waals surface area contributed by atoms with Crippen molar-refractivity contribution in [1.29, 1.82) is 0 Å². The average molecular weight is 298 g/mol. The van der Waals surface area contributed by atoms with Crippen LogP contribution in [0.5, 0.6) is 0 Å². The second-order valence-corrected chi connectivity index (χ2v) is 6.26. The van der Waals surface area contributed by atoms with Gasteiger partial charge in [0.05, 0.1) is 12.7 Å². The van der Waals surface area contributed by atoms with Gasteiger partial charge < -0.3 is 10.2 Å². The summed E-state index contributed by atoms with van der Waals surface area (Å²) >= 11 is 0. The summed E-state index contributed by atoms with van der Waals surface area (Å²) in [7, 11) is 0. The van der Waals surface area contributed by atoms with E-state index in [0.29, 0.717) is 6.04 Å². The number of rotatable bonds is 7. The third-order valence-electron chi connectivity index (χ3n) is 4.37. The number of nitrogens with zero attached hydrogens (tertiary/aromatic N) is 3. The monoisotopic (exact) mass is 298 g/mol. The zero-order chi connectivity index (χ0) is 15.2. The minimum atomic E-state index is 0.632. The highest BCUT2D eigenvalue weighted by Gasteiger charge is 2.21. The van der Waals surface area contributed by atoms with Crippen LogP contribution in [0.4, 0.5) is 0 Å². The second-order valence-electron chi connectivity index (χ2n) is 6.26. The van der Waals surface area contributed by atoms with E-state index < -0.39 is 0 Å². The maximum Gasteiger partial charge on any atom is 0.0534 e. The van der Waals surface area contributed by atoms with Crippen molar-refractivity contribution in [1.82, 2.24) is 20.0 Å². The van der Waals surface area contributed by atoms with E-state index in [4.69, 9.17) is 0 Å². The Hall–Kier alpha value is -1.65. The van der Waals surface area contributed by atoms with Crippen molar-refractivity contribution >= 4 is 0 Å². The molecule has 1 aliphatic heterocycles. The molecule has 2 heterocycles. The Morgan fingerprint density at radius 3 is 2.86 bits per heavy atom. The zero-order valence-corrected chi connectivity index (χ0v) is 13.4. The second kappa shape index (κ2) is 7.56. The van der Waals surface area contributed by atoms with E-state index in [-0.39, 0.29) is 0 Å². The first kappa shape index (κ1) is 15.3. The quantitative estimate of drug-likeness (QED) is 0.850. The predicted molar refractivity (Wildman–Crippen MR) is 90.0 cm³/mol. The normalized spacial score (nSPS) is 18.9. The molecule has 3 rings (SSSR count). The Kier molecular flexibility index (Phi) is 5.24. The van der Waals surface area contributed by atoms with Crippen LogP contribution in [0.1, 0.15) is 17.5 Å². The highest BCUT2D eigenvalue weighted by Crippen LogP contribution is 2.10. The maximum atomic E-state index is 4.32. The summed E-state index contributed by atoms with van der Waals surface area (Å²) in [6.07, 6.45) is 6.43. The Morgan fingerprint density at radius 1 is 1.23 bits per heavy atom. The average Bonchev–Trinajstić information content (AvgIpc) is 3.16. The van der Waals surface area contributed by atoms with Crippen LogP contribution in [0.3, 0.4) is 0 Å². The van der Waals surface area contributed by atoms with Crippen molar-refractivity contribution < 1.29 is 0 Å². The largest absolute Gasteiger partial charge is 0.311 e. The van der Waals surface area contributed by atoms with Crippen LogP contribution in [-0.4, -0.2) is 46.9 Å². The third kappa shape index (κ3) is 4.42. The molecule has 0 amide bonds. The van der Waals surface area contributed by atoms with Crippen molar-refractivity contribution in [3.05, 3.63) is 53.9 Å². The minimum Gasteiger partial charge on any atom is -0.311 e. The molecule has 0 radical (unpaired) electrons. The minimum absolute atomic E-state index is 0.632. The SMILES string of the molecule is Cc1cnn(CCN[C@H]2CCN(CCc3ccccc3)C2)c1. The van der Waals surface area contributed by atoms with Gasteiger partial charge in [0.2, 0.25) is 0 Å². The van der Waals surface area contributed by atoms with Gasteiger partial charge in [-0.25, -0.2) is 0 Å². The van der Waals surface area contributed by atoms with Crippen molar-refractivity contribution in [2.24, 2.45) is 0 Å². The summed E-state index contributed by atoms with van der Waals surface area (Å²) in [6.45, 7) is 7.59. The van der Waals surface area contributed by atoms with Crippen molar-refractivity contribution in [2.75, 3.05) is 26.2 Å². The number of aryl methyl sites for hydroxylation is 1. The Bertz CT molecular complexity index is 563. The van der Waals surface area contributed by atoms with Crippen molar-refractivity contribution in [3.63, 3.8) is 0 Å². The molecule has 0 bridgehead atoms. The summed E-state index contributed by atoms with van der Waals surface area (Å²) < 4.78 is 2.02. The van der Waals surface area contributed by atoms with Gasteiger partial charge in [-0.1, -0.05) is 30.3 Å². The first-order chi connectivity index (χ1) is 10.8. The first-order valence-electron chi connectivity index (χ1n) is 8.28. The molecule has 0 saturated carbocycles. The van der Waals surface area contributed by atoms with E-state index in [1.807, 2.05) is 10.9 Å². The van der Waals surface area contributed by atoms with Crippen LogP contribution in [-0.2, 0) is 13.0 Å². The first-order valence-corrected chi connectivity index (χ1v) is 8.28. The van der Waals surface area contributed by atoms with E-state index in [0.717, 1.165) is 19.5 Å². The highest BCUT2D eigenvalue weighted by molar-refractivity contribution is 5.14. The predicted octanol–water partition coefficient (Wildman–Crippen LogP) is 2.10. The molecule has 1 aromatic heterocycles. The Labute approximate surface area is 133 Å². The van der Waals surface area contributed by atoms with Crippen LogP contribution < -0.4 is 5.32 Å². The van der Waals surface area contributed by atoms with Gasteiger partial charge in [-0.2, -0.15) is 5.10 Å². The fourth-order valence-electron chi connectivity index (χ4n) is 3.11. The lowest BCUT2D eigenvalue weighted by atomic mass is 10.1. The molecule has 1 N–H and O–H groups in total. The van der Waals surface area contributed by atoms with Gasteiger partial charge in [0.25, 0.3) is 0 Å². The highest BCUT2D eigenvalue weighted by atomic mass is 15.3. The summed E-state index contributed by atoms with van der Waals surface area (Å²) in [5, 5.41) is 7.99. The smallest absolute Gasteiger partial charge is 0.0534 e. The van der Waals surface area contributed by atoms with Crippen LogP contribution in [0, 0.1) is 6.92 Å². The lowest BCUT2D eigenvalue weighted by molar-refractivity contribution is 0.330. The fourth-order valence-corrected chi connectivity index (χ4v) is 3.11. The molecule has 1 aromatic carbocycles. The molecular weight excluding hydrogens is 272 g/mol. The number of hydrogen-bond acceptors (Lipinski definition) is 3. The molecule has 4 heteroatoms. The summed E-state index contributed by atoms with van der Waals surface area (Å²) in [5.74, 6) is 0. The molecule has 22 heavy (non-hydrogen) atoms. The summed E-state index contributed by atoms with van der Waals surface area (Å²) in [6, 6.07) is 11.4. The molecule has 0 spiro atoms. The van der Waals surface area contributed by atoms with E-state index in [9.17, 15) is 0 Å². The molecule has 1 fully saturated rings. The van der Waals surface area contributed by atoms with Gasteiger partial charge in [-0.05, 0) is 37.4 Å². The van der Waals surface area contributed by atoms with Crippen molar-refractivity contribution in [2.45, 2.75) is 32.4 Å². The number of likely N-dealkylation sites (tertiary alicyclic amines) is 1. The van der Waals surface area contributed by atoms with Crippen LogP contribution in [0.15, 0.2) is 42.7 Å². The molecule has 118 valence electrons. The van der Waals surface area contributed by atoms with Gasteiger partial charge in [0, 0.05) is 31.9 Å². The molecule has 0 unspecified atom stereocenters. The standard InChI is InChI=1S/C18H26N4/c1-16-13-20-22(14-16)12-9-19-18-8-11-21(15-18)10-7-17-5-3-2-4-6-17/h2-6,13-14,18-19H,7-12,15H2,1H3/t18-/m0/s1. The van der Waals surface area contributed by atoms with E-state index in [2.05, 4.69) is 58.8 Å². The van der Waals surface area contributed by atoms with Gasteiger partial charge in [-0.3, -0.25) is 4.68 Å². The van der Waals surface area contributed by atoms with E-state index in [1.54, 1.807) is 0 Å². The summed E-state index contributed by atoms with van der Waals surface area (Å²) in [5.41, 5.74) is 2.67.